The third-order valence-electron chi connectivity index (χ3n) is 11.3. The van der Waals surface area contributed by atoms with Crippen LogP contribution in [0.5, 0.6) is 0 Å². The Labute approximate surface area is 312 Å². The van der Waals surface area contributed by atoms with Gasteiger partial charge in [-0.25, -0.2) is 4.99 Å². The maximum absolute atomic E-state index is 14.7. The van der Waals surface area contributed by atoms with Gasteiger partial charge in [-0.2, -0.15) is 0 Å². The maximum atomic E-state index is 14.7. The number of rotatable bonds is 14. The van der Waals surface area contributed by atoms with Crippen molar-refractivity contribution in [1.29, 1.82) is 0 Å². The van der Waals surface area contributed by atoms with Crippen LogP contribution in [0.4, 0.5) is 0 Å². The fourth-order valence-corrected chi connectivity index (χ4v) is 8.97. The summed E-state index contributed by atoms with van der Waals surface area (Å²) >= 11 is 1.26. The molecule has 13 heteroatoms. The number of piperazine rings is 1. The summed E-state index contributed by atoms with van der Waals surface area (Å²) in [4.78, 5) is 53.0. The number of carbonyl (C=O) groups is 3. The molecule has 6 rings (SSSR count). The number of primary amides is 1. The SMILES string of the molecule is C[C@@H]1N=C(N2CCN(C(=O)C(CCCCN3CCCCC3)NC3CCC(CN)CC3)[C@H](C(=O)NCc3ccc(C(N)=O)s3)C2)O[C@H]1c1ccccc1. The first-order valence-electron chi connectivity index (χ1n) is 19.5. The van der Waals surface area contributed by atoms with Crippen molar-refractivity contribution < 1.29 is 19.1 Å². The number of benzene rings is 1. The summed E-state index contributed by atoms with van der Waals surface area (Å²) in [6, 6.07) is 13.1. The number of likely N-dealkylation sites (tertiary alicyclic amines) is 1. The Hall–Kier alpha value is -3.52. The number of nitrogens with one attached hydrogen (secondary N) is 2. The largest absolute Gasteiger partial charge is 0.455 e. The first-order valence-corrected chi connectivity index (χ1v) is 20.3. The van der Waals surface area contributed by atoms with Crippen molar-refractivity contribution in [3.8, 4) is 0 Å². The minimum atomic E-state index is -0.750. The Morgan fingerprint density at radius 2 is 1.75 bits per heavy atom. The fraction of sp³-hybridized carbons (Fsp3) is 0.641. The van der Waals surface area contributed by atoms with Gasteiger partial charge >= 0.3 is 0 Å². The molecule has 3 amide bonds. The van der Waals surface area contributed by atoms with Gasteiger partial charge in [0.2, 0.25) is 11.8 Å². The van der Waals surface area contributed by atoms with Gasteiger partial charge in [0.05, 0.1) is 30.1 Å². The highest BCUT2D eigenvalue weighted by molar-refractivity contribution is 7.14. The van der Waals surface area contributed by atoms with Crippen molar-refractivity contribution in [2.24, 2.45) is 22.4 Å². The number of unbranched alkanes of at least 4 members (excludes halogenated alkanes) is 1. The second kappa shape index (κ2) is 18.5. The van der Waals surface area contributed by atoms with Crippen LogP contribution in [0.2, 0.25) is 0 Å². The minimum Gasteiger partial charge on any atom is -0.455 e. The van der Waals surface area contributed by atoms with Crippen LogP contribution in [0.3, 0.4) is 0 Å². The number of hydrogen-bond donors (Lipinski definition) is 4. The number of amides is 3. The molecular weight excluding hydrogens is 677 g/mol. The molecule has 284 valence electrons. The molecule has 1 unspecified atom stereocenters. The van der Waals surface area contributed by atoms with Gasteiger partial charge in [-0.3, -0.25) is 14.4 Å². The van der Waals surface area contributed by atoms with Gasteiger partial charge in [0.1, 0.15) is 12.1 Å². The number of ether oxygens (including phenoxy) is 1. The first-order chi connectivity index (χ1) is 25.3. The second-order valence-corrected chi connectivity index (χ2v) is 16.2. The third kappa shape index (κ3) is 9.91. The number of nitrogens with two attached hydrogens (primary N) is 2. The summed E-state index contributed by atoms with van der Waals surface area (Å²) in [7, 11) is 0. The molecule has 4 heterocycles. The standard InChI is InChI=1S/C39H58N8O4S/c1-27-35(29-10-4-2-5-11-29)51-39(43-27)46-22-23-47(33(26-46)37(49)42-25-31-17-18-34(52-31)36(41)48)38(50)32(44-30-15-13-28(24-40)14-16-30)12-6-9-21-45-19-7-3-8-20-45/h2,4-5,10-11,17-18,27-28,30,32-33,35,44H,3,6-9,12-16,19-26,40H2,1H3,(H2,41,48)(H,42,49)/t27-,28?,30?,32?,33-,35+/m0/s1. The molecule has 3 fully saturated rings. The van der Waals surface area contributed by atoms with Gasteiger partial charge in [-0.15, -0.1) is 11.3 Å². The Morgan fingerprint density at radius 3 is 2.46 bits per heavy atom. The molecule has 1 aliphatic carbocycles. The van der Waals surface area contributed by atoms with Crippen LogP contribution in [-0.4, -0.2) is 108 Å². The quantitative estimate of drug-likeness (QED) is 0.215. The van der Waals surface area contributed by atoms with Crippen LogP contribution < -0.4 is 22.1 Å². The van der Waals surface area contributed by atoms with E-state index in [4.69, 9.17) is 21.2 Å². The summed E-state index contributed by atoms with van der Waals surface area (Å²) in [5.74, 6) is -0.208. The molecule has 4 atom stereocenters. The summed E-state index contributed by atoms with van der Waals surface area (Å²) in [5.41, 5.74) is 12.5. The molecule has 2 saturated heterocycles. The molecular formula is C39H58N8O4S. The molecule has 0 bridgehead atoms. The van der Waals surface area contributed by atoms with E-state index in [-0.39, 0.29) is 49.1 Å². The number of hydrogen-bond acceptors (Lipinski definition) is 10. The smallest absolute Gasteiger partial charge is 0.288 e. The van der Waals surface area contributed by atoms with Gasteiger partial charge < -0.3 is 41.5 Å². The number of thiophene rings is 1. The fourth-order valence-electron chi connectivity index (χ4n) is 8.17. The van der Waals surface area contributed by atoms with E-state index in [9.17, 15) is 14.4 Å². The predicted molar refractivity (Wildman–Crippen MR) is 205 cm³/mol. The zero-order valence-electron chi connectivity index (χ0n) is 30.7. The van der Waals surface area contributed by atoms with Crippen LogP contribution in [0.15, 0.2) is 47.5 Å². The van der Waals surface area contributed by atoms with Crippen molar-refractivity contribution in [2.75, 3.05) is 45.8 Å². The zero-order chi connectivity index (χ0) is 36.5. The maximum Gasteiger partial charge on any atom is 0.288 e. The second-order valence-electron chi connectivity index (χ2n) is 15.0. The highest BCUT2D eigenvalue weighted by Gasteiger charge is 2.42. The van der Waals surface area contributed by atoms with Crippen molar-refractivity contribution in [3.05, 3.63) is 57.8 Å². The average molecular weight is 735 g/mol. The molecule has 3 aliphatic heterocycles. The molecule has 0 spiro atoms. The number of carbonyl (C=O) groups excluding carboxylic acids is 3. The van der Waals surface area contributed by atoms with E-state index >= 15 is 0 Å². The number of nitrogens with zero attached hydrogens (tertiary/aromatic N) is 4. The summed E-state index contributed by atoms with van der Waals surface area (Å²) in [6.07, 6.45) is 10.5. The monoisotopic (exact) mass is 734 g/mol. The normalized spacial score (nSPS) is 26.0. The van der Waals surface area contributed by atoms with Crippen LogP contribution in [-0.2, 0) is 20.9 Å². The Kier molecular flexibility index (Phi) is 13.6. The molecule has 0 radical (unpaired) electrons. The molecule has 2 aromatic rings. The third-order valence-corrected chi connectivity index (χ3v) is 12.4. The number of amidine groups is 1. The van der Waals surface area contributed by atoms with Crippen molar-refractivity contribution >= 4 is 35.1 Å². The van der Waals surface area contributed by atoms with E-state index in [1.165, 1.54) is 43.7 Å². The molecule has 12 nitrogen and oxygen atoms in total. The average Bonchev–Trinajstić information content (AvgIpc) is 3.83. The van der Waals surface area contributed by atoms with Crippen LogP contribution in [0.25, 0.3) is 0 Å². The van der Waals surface area contributed by atoms with E-state index in [0.29, 0.717) is 36.5 Å². The molecule has 1 saturated carbocycles. The lowest BCUT2D eigenvalue weighted by molar-refractivity contribution is -0.145. The van der Waals surface area contributed by atoms with Crippen molar-refractivity contribution in [2.45, 2.75) is 108 Å². The predicted octanol–water partition coefficient (Wildman–Crippen LogP) is 3.62. The summed E-state index contributed by atoms with van der Waals surface area (Å²) in [5, 5.41) is 6.84. The summed E-state index contributed by atoms with van der Waals surface area (Å²) in [6.45, 7) is 7.55. The summed E-state index contributed by atoms with van der Waals surface area (Å²) < 4.78 is 6.43. The van der Waals surface area contributed by atoms with Crippen LogP contribution in [0.1, 0.15) is 97.3 Å². The Bertz CT molecular complexity index is 1510. The highest BCUT2D eigenvalue weighted by Crippen LogP contribution is 2.31. The van der Waals surface area contributed by atoms with Crippen molar-refractivity contribution in [1.82, 2.24) is 25.3 Å². The van der Waals surface area contributed by atoms with E-state index < -0.39 is 11.9 Å². The number of aliphatic imine (C=N–C) groups is 1. The van der Waals surface area contributed by atoms with E-state index in [2.05, 4.69) is 15.5 Å². The Morgan fingerprint density at radius 1 is 0.981 bits per heavy atom. The van der Waals surface area contributed by atoms with Gasteiger partial charge in [0, 0.05) is 24.0 Å². The van der Waals surface area contributed by atoms with Crippen LogP contribution in [0, 0.1) is 5.92 Å². The molecule has 1 aromatic heterocycles. The van der Waals surface area contributed by atoms with E-state index in [0.717, 1.165) is 61.9 Å². The van der Waals surface area contributed by atoms with Gasteiger partial charge in [-0.1, -0.05) is 43.2 Å². The van der Waals surface area contributed by atoms with Crippen LogP contribution >= 0.6 is 11.3 Å². The molecule has 6 N–H and O–H groups in total. The molecule has 4 aliphatic rings. The van der Waals surface area contributed by atoms with E-state index in [1.54, 1.807) is 17.0 Å². The Balaban J connectivity index is 1.17. The van der Waals surface area contributed by atoms with Gasteiger partial charge in [0.25, 0.3) is 11.9 Å². The molecule has 52 heavy (non-hydrogen) atoms. The van der Waals surface area contributed by atoms with Gasteiger partial charge in [0.15, 0.2) is 0 Å². The first kappa shape index (κ1) is 38.2. The lowest BCUT2D eigenvalue weighted by Gasteiger charge is -2.42. The van der Waals surface area contributed by atoms with Gasteiger partial charge in [-0.05, 0) is 108 Å². The highest BCUT2D eigenvalue weighted by atomic mass is 32.1. The zero-order valence-corrected chi connectivity index (χ0v) is 31.5. The minimum absolute atomic E-state index is 0.0179. The lowest BCUT2D eigenvalue weighted by atomic mass is 9.85. The lowest BCUT2D eigenvalue weighted by Crippen LogP contribution is -2.64. The van der Waals surface area contributed by atoms with E-state index in [1.807, 2.05) is 42.2 Å². The molecule has 1 aromatic carbocycles. The topological polar surface area (TPSA) is 159 Å². The van der Waals surface area contributed by atoms with Crippen molar-refractivity contribution in [3.63, 3.8) is 0 Å². The number of piperidine rings is 1.